The monoisotopic (exact) mass is 410 g/mol. The molecule has 3 aromatic rings. The molecule has 2 aromatic carbocycles. The van der Waals surface area contributed by atoms with Gasteiger partial charge in [-0.05, 0) is 48.0 Å². The normalized spacial score (nSPS) is 17.8. The SMILES string of the molecule is O=C1N[C@H](c2cncc(C#Cc3cccc(Cl)c3)c2)[C@@H](c2cc(F)ccc2F)O1. The van der Waals surface area contributed by atoms with Crippen molar-refractivity contribution in [3.05, 3.63) is 99.8 Å². The van der Waals surface area contributed by atoms with Crippen LogP contribution in [0.4, 0.5) is 13.6 Å². The Morgan fingerprint density at radius 3 is 2.69 bits per heavy atom. The molecule has 1 amide bonds. The van der Waals surface area contributed by atoms with Gasteiger partial charge in [0.25, 0.3) is 0 Å². The predicted molar refractivity (Wildman–Crippen MR) is 103 cm³/mol. The first-order chi connectivity index (χ1) is 14.0. The van der Waals surface area contributed by atoms with Gasteiger partial charge >= 0.3 is 6.09 Å². The van der Waals surface area contributed by atoms with Crippen LogP contribution in [0, 0.1) is 23.5 Å². The van der Waals surface area contributed by atoms with E-state index < -0.39 is 29.9 Å². The van der Waals surface area contributed by atoms with Gasteiger partial charge in [-0.1, -0.05) is 29.5 Å². The highest BCUT2D eigenvalue weighted by Gasteiger charge is 2.38. The highest BCUT2D eigenvalue weighted by atomic mass is 35.5. The summed E-state index contributed by atoms with van der Waals surface area (Å²) in [5.74, 6) is 4.68. The first-order valence-electron chi connectivity index (χ1n) is 8.64. The van der Waals surface area contributed by atoms with Crippen LogP contribution < -0.4 is 5.32 Å². The summed E-state index contributed by atoms with van der Waals surface area (Å²) in [6.07, 6.45) is 1.33. The summed E-state index contributed by atoms with van der Waals surface area (Å²) < 4.78 is 33.0. The number of cyclic esters (lactones) is 1. The first kappa shape index (κ1) is 18.9. The Kier molecular flexibility index (Phi) is 5.15. The van der Waals surface area contributed by atoms with E-state index in [4.69, 9.17) is 16.3 Å². The summed E-state index contributed by atoms with van der Waals surface area (Å²) >= 11 is 5.96. The average Bonchev–Trinajstić information content (AvgIpc) is 3.10. The van der Waals surface area contributed by atoms with E-state index in [0.29, 0.717) is 16.1 Å². The van der Waals surface area contributed by atoms with Gasteiger partial charge in [0.15, 0.2) is 6.10 Å². The number of carbonyl (C=O) groups is 1. The van der Waals surface area contributed by atoms with Crippen molar-refractivity contribution in [2.24, 2.45) is 0 Å². The van der Waals surface area contributed by atoms with Crippen molar-refractivity contribution in [3.63, 3.8) is 0 Å². The first-order valence-corrected chi connectivity index (χ1v) is 9.02. The van der Waals surface area contributed by atoms with E-state index in [1.54, 1.807) is 30.5 Å². The van der Waals surface area contributed by atoms with Gasteiger partial charge in [0.1, 0.15) is 17.7 Å². The zero-order valence-corrected chi connectivity index (χ0v) is 15.6. The Morgan fingerprint density at radius 1 is 1.03 bits per heavy atom. The lowest BCUT2D eigenvalue weighted by molar-refractivity contribution is 0.130. The second-order valence-electron chi connectivity index (χ2n) is 6.38. The molecular weight excluding hydrogens is 398 g/mol. The van der Waals surface area contributed by atoms with Crippen LogP contribution in [0.2, 0.25) is 5.02 Å². The molecule has 1 N–H and O–H groups in total. The maximum Gasteiger partial charge on any atom is 0.408 e. The summed E-state index contributed by atoms with van der Waals surface area (Å²) in [5, 5.41) is 3.20. The van der Waals surface area contributed by atoms with Crippen molar-refractivity contribution in [3.8, 4) is 11.8 Å². The Hall–Kier alpha value is -3.43. The number of amides is 1. The number of rotatable bonds is 2. The smallest absolute Gasteiger partial charge is 0.408 e. The van der Waals surface area contributed by atoms with Crippen LogP contribution in [-0.2, 0) is 4.74 Å². The maximum absolute atomic E-state index is 14.2. The molecule has 7 heteroatoms. The Bertz CT molecular complexity index is 1160. The third kappa shape index (κ3) is 4.20. The number of nitrogens with one attached hydrogen (secondary N) is 1. The molecule has 1 saturated heterocycles. The molecule has 0 saturated carbocycles. The van der Waals surface area contributed by atoms with Crippen LogP contribution in [0.15, 0.2) is 60.9 Å². The average molecular weight is 411 g/mol. The number of hydrogen-bond acceptors (Lipinski definition) is 3. The zero-order valence-electron chi connectivity index (χ0n) is 14.8. The maximum atomic E-state index is 14.2. The number of hydrogen-bond donors (Lipinski definition) is 1. The fourth-order valence-electron chi connectivity index (χ4n) is 3.06. The van der Waals surface area contributed by atoms with Crippen molar-refractivity contribution in [1.29, 1.82) is 0 Å². The molecule has 0 spiro atoms. The minimum Gasteiger partial charge on any atom is -0.439 e. The predicted octanol–water partition coefficient (Wildman–Crippen LogP) is 4.94. The molecule has 1 fully saturated rings. The van der Waals surface area contributed by atoms with Gasteiger partial charge < -0.3 is 10.1 Å². The Balaban J connectivity index is 1.66. The molecule has 2 atom stereocenters. The van der Waals surface area contributed by atoms with Gasteiger partial charge in [0, 0.05) is 34.1 Å². The molecule has 1 aromatic heterocycles. The van der Waals surface area contributed by atoms with Gasteiger partial charge in [-0.15, -0.1) is 0 Å². The van der Waals surface area contributed by atoms with Crippen molar-refractivity contribution in [2.75, 3.05) is 0 Å². The van der Waals surface area contributed by atoms with Crippen molar-refractivity contribution in [1.82, 2.24) is 10.3 Å². The van der Waals surface area contributed by atoms with Crippen LogP contribution in [0.25, 0.3) is 0 Å². The van der Waals surface area contributed by atoms with E-state index in [2.05, 4.69) is 22.1 Å². The highest BCUT2D eigenvalue weighted by molar-refractivity contribution is 6.30. The molecule has 2 heterocycles. The van der Waals surface area contributed by atoms with Gasteiger partial charge in [0.05, 0.1) is 0 Å². The summed E-state index contributed by atoms with van der Waals surface area (Å²) in [7, 11) is 0. The summed E-state index contributed by atoms with van der Waals surface area (Å²) in [6.45, 7) is 0. The quantitative estimate of drug-likeness (QED) is 0.609. The molecule has 0 radical (unpaired) electrons. The van der Waals surface area contributed by atoms with E-state index >= 15 is 0 Å². The molecule has 29 heavy (non-hydrogen) atoms. The van der Waals surface area contributed by atoms with Crippen LogP contribution in [-0.4, -0.2) is 11.1 Å². The van der Waals surface area contributed by atoms with E-state index in [1.807, 2.05) is 6.07 Å². The van der Waals surface area contributed by atoms with E-state index in [9.17, 15) is 13.6 Å². The standard InChI is InChI=1S/C22H13ClF2N2O2/c23-16-3-1-2-13(9-16)4-5-14-8-15(12-26-11-14)20-21(29-22(28)27-20)18-10-17(24)6-7-19(18)25/h1-3,6-12,20-21H,(H,27,28)/t20-,21-/m1/s1. The van der Waals surface area contributed by atoms with Crippen LogP contribution in [0.3, 0.4) is 0 Å². The molecule has 4 rings (SSSR count). The molecule has 0 aliphatic carbocycles. The van der Waals surface area contributed by atoms with Gasteiger partial charge in [-0.3, -0.25) is 4.98 Å². The lowest BCUT2D eigenvalue weighted by atomic mass is 9.96. The number of alkyl carbamates (subject to hydrolysis) is 1. The van der Waals surface area contributed by atoms with E-state index in [-0.39, 0.29) is 5.56 Å². The molecule has 4 nitrogen and oxygen atoms in total. The Labute approximate surface area is 170 Å². The second-order valence-corrected chi connectivity index (χ2v) is 6.82. The number of ether oxygens (including phenoxy) is 1. The van der Waals surface area contributed by atoms with E-state index in [1.165, 1.54) is 6.20 Å². The fraction of sp³-hybridized carbons (Fsp3) is 0.0909. The fourth-order valence-corrected chi connectivity index (χ4v) is 3.25. The second kappa shape index (κ2) is 7.90. The molecule has 1 aliphatic heterocycles. The van der Waals surface area contributed by atoms with Crippen LogP contribution in [0.1, 0.15) is 34.4 Å². The number of carbonyl (C=O) groups excluding carboxylic acids is 1. The third-order valence-corrected chi connectivity index (χ3v) is 4.60. The van der Waals surface area contributed by atoms with Crippen LogP contribution in [0.5, 0.6) is 0 Å². The minimum atomic E-state index is -1.03. The number of pyridine rings is 1. The Morgan fingerprint density at radius 2 is 1.86 bits per heavy atom. The largest absolute Gasteiger partial charge is 0.439 e. The van der Waals surface area contributed by atoms with Gasteiger partial charge in [-0.25, -0.2) is 13.6 Å². The lowest BCUT2D eigenvalue weighted by Gasteiger charge is -2.18. The topological polar surface area (TPSA) is 51.2 Å². The zero-order chi connectivity index (χ0) is 20.4. The van der Waals surface area contributed by atoms with Crippen molar-refractivity contribution < 1.29 is 18.3 Å². The lowest BCUT2D eigenvalue weighted by Crippen LogP contribution is -2.20. The van der Waals surface area contributed by atoms with Crippen molar-refractivity contribution >= 4 is 17.7 Å². The van der Waals surface area contributed by atoms with E-state index in [0.717, 1.165) is 23.8 Å². The number of halogens is 3. The summed E-state index contributed by atoms with van der Waals surface area (Å²) in [6, 6.07) is 11.1. The van der Waals surface area contributed by atoms with Crippen molar-refractivity contribution in [2.45, 2.75) is 12.1 Å². The number of aromatic nitrogens is 1. The molecule has 1 aliphatic rings. The number of benzene rings is 2. The van der Waals surface area contributed by atoms with Crippen LogP contribution >= 0.6 is 11.6 Å². The minimum absolute atomic E-state index is 0.0521. The van der Waals surface area contributed by atoms with Gasteiger partial charge in [0.2, 0.25) is 0 Å². The summed E-state index contributed by atoms with van der Waals surface area (Å²) in [4.78, 5) is 16.0. The molecule has 144 valence electrons. The molecule has 0 bridgehead atoms. The molecular formula is C22H13ClF2N2O2. The third-order valence-electron chi connectivity index (χ3n) is 4.37. The summed E-state index contributed by atoms with van der Waals surface area (Å²) in [5.41, 5.74) is 1.83. The van der Waals surface area contributed by atoms with Gasteiger partial charge in [-0.2, -0.15) is 0 Å². The number of nitrogens with zero attached hydrogens (tertiary/aromatic N) is 1. The highest BCUT2D eigenvalue weighted by Crippen LogP contribution is 2.37. The molecule has 0 unspecified atom stereocenters.